The van der Waals surface area contributed by atoms with E-state index in [0.717, 1.165) is 12.8 Å². The molecule has 3 aliphatic rings. The van der Waals surface area contributed by atoms with Gasteiger partial charge in [-0.15, -0.1) is 0 Å². The van der Waals surface area contributed by atoms with Crippen LogP contribution >= 0.6 is 0 Å². The lowest BCUT2D eigenvalue weighted by atomic mass is 9.84. The third-order valence-corrected chi connectivity index (χ3v) is 7.82. The summed E-state index contributed by atoms with van der Waals surface area (Å²) < 4.78 is 16.6. The molecule has 3 unspecified atom stereocenters. The van der Waals surface area contributed by atoms with Gasteiger partial charge in [-0.1, -0.05) is 13.3 Å². The first-order valence-electron chi connectivity index (χ1n) is 13.5. The van der Waals surface area contributed by atoms with Crippen molar-refractivity contribution in [3.05, 3.63) is 17.7 Å². The number of likely N-dealkylation sites (tertiary alicyclic amines) is 2. The van der Waals surface area contributed by atoms with Gasteiger partial charge >= 0.3 is 5.97 Å². The fourth-order valence-electron chi connectivity index (χ4n) is 5.83. The number of benzene rings is 1. The van der Waals surface area contributed by atoms with Crippen molar-refractivity contribution in [2.75, 3.05) is 53.2 Å². The van der Waals surface area contributed by atoms with E-state index in [1.165, 1.54) is 12.0 Å². The van der Waals surface area contributed by atoms with Crippen molar-refractivity contribution in [2.24, 2.45) is 11.7 Å². The number of rotatable bonds is 13. The van der Waals surface area contributed by atoms with Gasteiger partial charge < -0.3 is 30.0 Å². The summed E-state index contributed by atoms with van der Waals surface area (Å²) in [5.74, 6) is -1.65. The highest BCUT2D eigenvalue weighted by Gasteiger charge is 2.48. The SMILES string of the molecule is CCCCN(CCN)C(=O)CN1CC(c2cc(OC)c3c(c2)OCO3)C(C(=O)O)C1CCN1C(=O)CCC1=O. The summed E-state index contributed by atoms with van der Waals surface area (Å²) >= 11 is 0. The molecule has 4 rings (SSSR count). The zero-order valence-electron chi connectivity index (χ0n) is 22.6. The quantitative estimate of drug-likeness (QED) is 0.343. The summed E-state index contributed by atoms with van der Waals surface area (Å²) in [6.45, 7) is 3.82. The number of hydrogen-bond donors (Lipinski definition) is 2. The second kappa shape index (κ2) is 12.6. The molecule has 0 aromatic heterocycles. The minimum Gasteiger partial charge on any atom is -0.493 e. The van der Waals surface area contributed by atoms with E-state index in [1.807, 2.05) is 11.8 Å². The highest BCUT2D eigenvalue weighted by atomic mass is 16.7. The predicted molar refractivity (Wildman–Crippen MR) is 139 cm³/mol. The number of carboxylic acid groups (broad SMARTS) is 1. The molecular formula is C27H38N4O8. The molecule has 3 heterocycles. The number of carbonyl (C=O) groups is 4. The van der Waals surface area contributed by atoms with Gasteiger partial charge in [-0.3, -0.25) is 29.0 Å². The Morgan fingerprint density at radius 1 is 1.18 bits per heavy atom. The number of fused-ring (bicyclic) bond motifs is 1. The maximum absolute atomic E-state index is 13.4. The van der Waals surface area contributed by atoms with Gasteiger partial charge in [0, 0.05) is 57.5 Å². The largest absolute Gasteiger partial charge is 0.493 e. The average Bonchev–Trinajstić information content (AvgIpc) is 3.62. The van der Waals surface area contributed by atoms with Crippen LogP contribution in [0, 0.1) is 5.92 Å². The molecule has 0 saturated carbocycles. The highest BCUT2D eigenvalue weighted by molar-refractivity contribution is 6.01. The molecule has 12 nitrogen and oxygen atoms in total. The molecular weight excluding hydrogens is 508 g/mol. The van der Waals surface area contributed by atoms with Crippen molar-refractivity contribution in [3.8, 4) is 17.2 Å². The molecule has 1 aromatic carbocycles. The van der Waals surface area contributed by atoms with Crippen molar-refractivity contribution in [1.82, 2.24) is 14.7 Å². The van der Waals surface area contributed by atoms with Gasteiger partial charge in [0.1, 0.15) is 0 Å². The van der Waals surface area contributed by atoms with E-state index in [4.69, 9.17) is 19.9 Å². The number of aliphatic carboxylic acids is 1. The molecule has 3 amide bonds. The number of hydrogen-bond acceptors (Lipinski definition) is 9. The van der Waals surface area contributed by atoms with Crippen molar-refractivity contribution >= 4 is 23.7 Å². The number of unbranched alkanes of at least 4 members (excludes halogenated alkanes) is 1. The Morgan fingerprint density at radius 3 is 2.56 bits per heavy atom. The number of carbonyl (C=O) groups excluding carboxylic acids is 3. The van der Waals surface area contributed by atoms with E-state index in [2.05, 4.69) is 0 Å². The lowest BCUT2D eigenvalue weighted by Gasteiger charge is -2.30. The van der Waals surface area contributed by atoms with Crippen LogP contribution in [0.2, 0.25) is 0 Å². The van der Waals surface area contributed by atoms with Crippen LogP contribution in [0.15, 0.2) is 12.1 Å². The van der Waals surface area contributed by atoms with Crippen molar-refractivity contribution < 1.29 is 38.5 Å². The number of methoxy groups -OCH3 is 1. The predicted octanol–water partition coefficient (Wildman–Crippen LogP) is 1.02. The third-order valence-electron chi connectivity index (χ3n) is 7.82. The molecule has 0 bridgehead atoms. The Hall–Kier alpha value is -3.38. The normalized spacial score (nSPS) is 22.5. The minimum atomic E-state index is -1.01. The van der Waals surface area contributed by atoms with E-state index in [0.29, 0.717) is 49.0 Å². The molecule has 3 atom stereocenters. The van der Waals surface area contributed by atoms with Crippen LogP contribution in [0.25, 0.3) is 0 Å². The Labute approximate surface area is 227 Å². The van der Waals surface area contributed by atoms with Gasteiger partial charge in [0.2, 0.25) is 30.3 Å². The van der Waals surface area contributed by atoms with E-state index in [1.54, 1.807) is 17.0 Å². The average molecular weight is 547 g/mol. The zero-order valence-corrected chi connectivity index (χ0v) is 22.6. The van der Waals surface area contributed by atoms with Gasteiger partial charge in [-0.25, -0.2) is 0 Å². The van der Waals surface area contributed by atoms with Crippen LogP contribution in [-0.2, 0) is 19.2 Å². The maximum atomic E-state index is 13.4. The number of nitrogens with two attached hydrogens (primary N) is 1. The van der Waals surface area contributed by atoms with E-state index >= 15 is 0 Å². The van der Waals surface area contributed by atoms with Gasteiger partial charge in [-0.2, -0.15) is 0 Å². The smallest absolute Gasteiger partial charge is 0.308 e. The lowest BCUT2D eigenvalue weighted by molar-refractivity contribution is -0.144. The van der Waals surface area contributed by atoms with Crippen molar-refractivity contribution in [1.29, 1.82) is 0 Å². The third kappa shape index (κ3) is 6.11. The monoisotopic (exact) mass is 546 g/mol. The Kier molecular flexibility index (Phi) is 9.28. The molecule has 3 aliphatic heterocycles. The van der Waals surface area contributed by atoms with Crippen LogP contribution in [0.5, 0.6) is 17.2 Å². The molecule has 2 saturated heterocycles. The standard InChI is InChI=1S/C27H38N4O8/c1-3-4-9-29(11-8-28)24(34)15-30-14-18(17-12-20(37-2)26-21(13-17)38-16-39-26)25(27(35)36)19(30)7-10-31-22(32)5-6-23(31)33/h12-13,18-19,25H,3-11,14-16,28H2,1-2H3,(H,35,36). The summed E-state index contributed by atoms with van der Waals surface area (Å²) in [7, 11) is 1.50. The van der Waals surface area contributed by atoms with E-state index < -0.39 is 23.8 Å². The van der Waals surface area contributed by atoms with E-state index in [9.17, 15) is 24.3 Å². The number of nitrogens with zero attached hydrogens (tertiary/aromatic N) is 3. The molecule has 0 spiro atoms. The number of amides is 3. The van der Waals surface area contributed by atoms with E-state index in [-0.39, 0.29) is 56.9 Å². The fourth-order valence-corrected chi connectivity index (χ4v) is 5.83. The molecule has 0 aliphatic carbocycles. The second-order valence-electron chi connectivity index (χ2n) is 10.2. The Bertz CT molecular complexity index is 1080. The maximum Gasteiger partial charge on any atom is 0.308 e. The Morgan fingerprint density at radius 2 is 1.92 bits per heavy atom. The summed E-state index contributed by atoms with van der Waals surface area (Å²) in [4.78, 5) is 55.4. The minimum absolute atomic E-state index is 0.0121. The molecule has 3 N–H and O–H groups in total. The van der Waals surface area contributed by atoms with Crippen LogP contribution in [-0.4, -0.2) is 103 Å². The molecule has 2 fully saturated rings. The molecule has 0 radical (unpaired) electrons. The van der Waals surface area contributed by atoms with Gasteiger partial charge in [-0.05, 0) is 30.5 Å². The Balaban J connectivity index is 1.64. The topological polar surface area (TPSA) is 152 Å². The van der Waals surface area contributed by atoms with Crippen LogP contribution in [0.4, 0.5) is 0 Å². The number of carboxylic acids is 1. The summed E-state index contributed by atoms with van der Waals surface area (Å²) in [6, 6.07) is 2.94. The zero-order chi connectivity index (χ0) is 28.1. The summed E-state index contributed by atoms with van der Waals surface area (Å²) in [5.41, 5.74) is 6.46. The first-order valence-corrected chi connectivity index (χ1v) is 13.5. The van der Waals surface area contributed by atoms with Gasteiger partial charge in [0.15, 0.2) is 11.5 Å². The van der Waals surface area contributed by atoms with Crippen molar-refractivity contribution in [3.63, 3.8) is 0 Å². The second-order valence-corrected chi connectivity index (χ2v) is 10.2. The molecule has 12 heteroatoms. The van der Waals surface area contributed by atoms with Crippen LogP contribution in [0.1, 0.15) is 50.5 Å². The van der Waals surface area contributed by atoms with Gasteiger partial charge in [0.05, 0.1) is 19.6 Å². The van der Waals surface area contributed by atoms with Gasteiger partial charge in [0.25, 0.3) is 0 Å². The summed E-state index contributed by atoms with van der Waals surface area (Å²) in [5, 5.41) is 10.4. The summed E-state index contributed by atoms with van der Waals surface area (Å²) in [6.07, 6.45) is 2.34. The van der Waals surface area contributed by atoms with Crippen LogP contribution < -0.4 is 19.9 Å². The first kappa shape index (κ1) is 28.6. The molecule has 39 heavy (non-hydrogen) atoms. The molecule has 214 valence electrons. The fraction of sp³-hybridized carbons (Fsp3) is 0.630. The number of ether oxygens (including phenoxy) is 3. The first-order chi connectivity index (χ1) is 18.8. The molecule has 1 aromatic rings. The van der Waals surface area contributed by atoms with Crippen molar-refractivity contribution in [2.45, 2.75) is 51.0 Å². The number of imide groups is 1. The lowest BCUT2D eigenvalue weighted by Crippen LogP contribution is -2.46. The van der Waals surface area contributed by atoms with Crippen LogP contribution in [0.3, 0.4) is 0 Å². The highest BCUT2D eigenvalue weighted by Crippen LogP contribution is 2.47.